The van der Waals surface area contributed by atoms with E-state index < -0.39 is 0 Å². The van der Waals surface area contributed by atoms with E-state index in [9.17, 15) is 0 Å². The van der Waals surface area contributed by atoms with Crippen LogP contribution in [0, 0.1) is 0 Å². The molecule has 0 spiro atoms. The maximum absolute atomic E-state index is 2.41. The molecule has 0 saturated heterocycles. The Labute approximate surface area is 307 Å². The van der Waals surface area contributed by atoms with Crippen molar-refractivity contribution in [1.82, 2.24) is 0 Å². The van der Waals surface area contributed by atoms with Crippen molar-refractivity contribution in [2.75, 3.05) is 4.90 Å². The molecule has 0 amide bonds. The summed E-state index contributed by atoms with van der Waals surface area (Å²) in [5, 5.41) is 7.68. The minimum atomic E-state index is 1.11. The Morgan fingerprint density at radius 1 is 0.288 bits per heavy atom. The van der Waals surface area contributed by atoms with Gasteiger partial charge in [0, 0.05) is 37.2 Å². The van der Waals surface area contributed by atoms with Crippen LogP contribution in [0.4, 0.5) is 17.1 Å². The average Bonchev–Trinajstić information content (AvgIpc) is 3.58. The molecule has 0 aliphatic rings. The van der Waals surface area contributed by atoms with E-state index in [2.05, 4.69) is 205 Å². The van der Waals surface area contributed by atoms with Gasteiger partial charge < -0.3 is 4.90 Å². The number of hydrogen-bond acceptors (Lipinski definition) is 2. The topological polar surface area (TPSA) is 3.24 Å². The molecule has 52 heavy (non-hydrogen) atoms. The van der Waals surface area contributed by atoms with Gasteiger partial charge in [0.1, 0.15) is 0 Å². The first-order chi connectivity index (χ1) is 25.8. The summed E-state index contributed by atoms with van der Waals surface area (Å²) in [6.07, 6.45) is 0. The Morgan fingerprint density at radius 3 is 1.67 bits per heavy atom. The lowest BCUT2D eigenvalue weighted by molar-refractivity contribution is 1.29. The van der Waals surface area contributed by atoms with Crippen LogP contribution in [0.3, 0.4) is 0 Å². The number of hydrogen-bond donors (Lipinski definition) is 0. The van der Waals surface area contributed by atoms with E-state index >= 15 is 0 Å². The summed E-state index contributed by atoms with van der Waals surface area (Å²) >= 11 is 1.87. The lowest BCUT2D eigenvalue weighted by Gasteiger charge is -2.27. The van der Waals surface area contributed by atoms with Gasteiger partial charge in [0.2, 0.25) is 0 Å². The zero-order valence-electron chi connectivity index (χ0n) is 28.4. The van der Waals surface area contributed by atoms with Gasteiger partial charge in [-0.1, -0.05) is 146 Å². The van der Waals surface area contributed by atoms with Crippen LogP contribution in [-0.2, 0) is 0 Å². The van der Waals surface area contributed by atoms with E-state index in [4.69, 9.17) is 0 Å². The predicted octanol–water partition coefficient (Wildman–Crippen LogP) is 14.8. The molecule has 10 aromatic rings. The molecule has 0 atom stereocenters. The number of fused-ring (bicyclic) bond motifs is 6. The molecule has 0 bridgehead atoms. The zero-order chi connectivity index (χ0) is 34.4. The maximum Gasteiger partial charge on any atom is 0.0468 e. The third-order valence-electron chi connectivity index (χ3n) is 10.2. The molecule has 0 aliphatic heterocycles. The van der Waals surface area contributed by atoms with Crippen LogP contribution < -0.4 is 4.90 Å². The van der Waals surface area contributed by atoms with Crippen molar-refractivity contribution in [3.63, 3.8) is 0 Å². The monoisotopic (exact) mass is 679 g/mol. The fraction of sp³-hybridized carbons (Fsp3) is 0. The molecule has 1 heterocycles. The second-order valence-electron chi connectivity index (χ2n) is 13.3. The largest absolute Gasteiger partial charge is 0.310 e. The van der Waals surface area contributed by atoms with Crippen LogP contribution in [0.2, 0.25) is 0 Å². The molecule has 0 fully saturated rings. The molecule has 1 aromatic heterocycles. The van der Waals surface area contributed by atoms with Crippen molar-refractivity contribution in [1.29, 1.82) is 0 Å². The van der Waals surface area contributed by atoms with E-state index in [1.165, 1.54) is 75.1 Å². The van der Waals surface area contributed by atoms with Crippen LogP contribution in [-0.4, -0.2) is 0 Å². The van der Waals surface area contributed by atoms with E-state index in [0.717, 1.165) is 17.1 Å². The summed E-state index contributed by atoms with van der Waals surface area (Å²) in [5.74, 6) is 0. The molecule has 9 aromatic carbocycles. The van der Waals surface area contributed by atoms with Crippen LogP contribution in [0.25, 0.3) is 75.1 Å². The first kappa shape index (κ1) is 30.4. The van der Waals surface area contributed by atoms with Gasteiger partial charge in [-0.2, -0.15) is 0 Å². The highest BCUT2D eigenvalue weighted by molar-refractivity contribution is 7.25. The molecule has 244 valence electrons. The predicted molar refractivity (Wildman–Crippen MR) is 225 cm³/mol. The van der Waals surface area contributed by atoms with Gasteiger partial charge in [0.25, 0.3) is 0 Å². The normalized spacial score (nSPS) is 11.5. The highest BCUT2D eigenvalue weighted by atomic mass is 32.1. The van der Waals surface area contributed by atoms with Crippen molar-refractivity contribution in [2.45, 2.75) is 0 Å². The molecule has 0 N–H and O–H groups in total. The standard InChI is InChI=1S/C50H33NS/c1-3-12-34(13-4-1)35-24-27-40(28-25-35)51(41-17-11-16-38(30-41)44-19-8-7-18-43(44)36-14-5-2-6-15-36)42-29-26-37-22-23-39-31-50-48(33-47(39)46(37)32-42)45-20-9-10-21-49(45)52-50/h1-33H. The second kappa shape index (κ2) is 12.7. The Balaban J connectivity index is 1.16. The molecule has 0 unspecified atom stereocenters. The highest BCUT2D eigenvalue weighted by Crippen LogP contribution is 2.43. The van der Waals surface area contributed by atoms with Crippen molar-refractivity contribution in [3.05, 3.63) is 200 Å². The minimum Gasteiger partial charge on any atom is -0.310 e. The average molecular weight is 680 g/mol. The Hall–Kier alpha value is -6.48. The van der Waals surface area contributed by atoms with Crippen molar-refractivity contribution < 1.29 is 0 Å². The molecule has 0 radical (unpaired) electrons. The molecule has 1 nitrogen and oxygen atoms in total. The van der Waals surface area contributed by atoms with Crippen molar-refractivity contribution >= 4 is 70.1 Å². The summed E-state index contributed by atoms with van der Waals surface area (Å²) in [6, 6.07) is 73.0. The van der Waals surface area contributed by atoms with Crippen LogP contribution >= 0.6 is 11.3 Å². The fourth-order valence-corrected chi connectivity index (χ4v) is 8.83. The lowest BCUT2D eigenvalue weighted by atomic mass is 9.94. The molecule has 0 aliphatic carbocycles. The summed E-state index contributed by atoms with van der Waals surface area (Å²) in [4.78, 5) is 2.40. The van der Waals surface area contributed by atoms with Gasteiger partial charge in [0.05, 0.1) is 0 Å². The SMILES string of the molecule is c1ccc(-c2ccc(N(c3cccc(-c4ccccc4-c4ccccc4)c3)c3ccc4ccc5cc6sc7ccccc7c6cc5c4c3)cc2)cc1. The zero-order valence-corrected chi connectivity index (χ0v) is 29.2. The fourth-order valence-electron chi connectivity index (χ4n) is 7.70. The van der Waals surface area contributed by atoms with Gasteiger partial charge in [0.15, 0.2) is 0 Å². The van der Waals surface area contributed by atoms with Gasteiger partial charge in [-0.3, -0.25) is 0 Å². The summed E-state index contributed by atoms with van der Waals surface area (Å²) in [5.41, 5.74) is 10.6. The minimum absolute atomic E-state index is 1.11. The molecular weight excluding hydrogens is 647 g/mol. The molecule has 10 rings (SSSR count). The van der Waals surface area contributed by atoms with Gasteiger partial charge in [-0.05, 0) is 110 Å². The van der Waals surface area contributed by atoms with Crippen molar-refractivity contribution in [2.24, 2.45) is 0 Å². The Morgan fingerprint density at radius 2 is 0.865 bits per heavy atom. The van der Waals surface area contributed by atoms with Crippen LogP contribution in [0.15, 0.2) is 200 Å². The quantitative estimate of drug-likeness (QED) is 0.158. The number of rotatable bonds is 6. The Kier molecular flexibility index (Phi) is 7.41. The van der Waals surface area contributed by atoms with Gasteiger partial charge in [-0.15, -0.1) is 11.3 Å². The van der Waals surface area contributed by atoms with Crippen molar-refractivity contribution in [3.8, 4) is 33.4 Å². The lowest BCUT2D eigenvalue weighted by Crippen LogP contribution is -2.10. The number of benzene rings is 9. The molecule has 2 heteroatoms. The summed E-state index contributed by atoms with van der Waals surface area (Å²) in [6.45, 7) is 0. The number of thiophene rings is 1. The molecular formula is C50H33NS. The first-order valence-electron chi connectivity index (χ1n) is 17.8. The molecule has 0 saturated carbocycles. The second-order valence-corrected chi connectivity index (χ2v) is 14.4. The van der Waals surface area contributed by atoms with E-state index in [0.29, 0.717) is 0 Å². The van der Waals surface area contributed by atoms with Crippen LogP contribution in [0.1, 0.15) is 0 Å². The third kappa shape index (κ3) is 5.33. The number of nitrogens with zero attached hydrogens (tertiary/aromatic N) is 1. The van der Waals surface area contributed by atoms with E-state index in [1.807, 2.05) is 11.3 Å². The van der Waals surface area contributed by atoms with Crippen LogP contribution in [0.5, 0.6) is 0 Å². The van der Waals surface area contributed by atoms with E-state index in [1.54, 1.807) is 0 Å². The third-order valence-corrected chi connectivity index (χ3v) is 11.4. The number of anilines is 3. The van der Waals surface area contributed by atoms with Gasteiger partial charge in [-0.25, -0.2) is 0 Å². The van der Waals surface area contributed by atoms with Gasteiger partial charge >= 0.3 is 0 Å². The maximum atomic E-state index is 2.41. The Bertz CT molecular complexity index is 2890. The smallest absolute Gasteiger partial charge is 0.0468 e. The summed E-state index contributed by atoms with van der Waals surface area (Å²) < 4.78 is 2.66. The van der Waals surface area contributed by atoms with E-state index in [-0.39, 0.29) is 0 Å². The summed E-state index contributed by atoms with van der Waals surface area (Å²) in [7, 11) is 0. The first-order valence-corrected chi connectivity index (χ1v) is 18.6. The highest BCUT2D eigenvalue weighted by Gasteiger charge is 2.17.